The van der Waals surface area contributed by atoms with Crippen molar-refractivity contribution in [2.45, 2.75) is 70.3 Å². The smallest absolute Gasteiger partial charge is 0.419 e. The molecule has 0 radical (unpaired) electrons. The predicted octanol–water partition coefficient (Wildman–Crippen LogP) is 6.10. The van der Waals surface area contributed by atoms with Gasteiger partial charge in [-0.2, -0.15) is 28.6 Å². The van der Waals surface area contributed by atoms with E-state index in [2.05, 4.69) is 26.5 Å². The zero-order valence-corrected chi connectivity index (χ0v) is 22.2. The van der Waals surface area contributed by atoms with Crippen LogP contribution in [0, 0.1) is 17.1 Å². The Labute approximate surface area is 227 Å². The number of rotatable bonds is 7. The number of nitriles is 1. The topological polar surface area (TPSA) is 106 Å². The number of aromatic nitrogens is 6. The van der Waals surface area contributed by atoms with Crippen LogP contribution in [0.5, 0.6) is 5.88 Å². The highest BCUT2D eigenvalue weighted by atomic mass is 19.4. The molecule has 13 heteroatoms. The minimum Gasteiger partial charge on any atom is -0.472 e. The van der Waals surface area contributed by atoms with Crippen LogP contribution in [-0.4, -0.2) is 42.2 Å². The molecule has 1 saturated carbocycles. The summed E-state index contributed by atoms with van der Waals surface area (Å²) in [6.45, 7) is 6.21. The molecule has 4 aromatic heterocycles. The monoisotopic (exact) mass is 556 g/mol. The van der Waals surface area contributed by atoms with Crippen molar-refractivity contribution in [2.75, 3.05) is 11.9 Å². The third-order valence-corrected chi connectivity index (χ3v) is 7.08. The predicted molar refractivity (Wildman–Crippen MR) is 139 cm³/mol. The lowest BCUT2D eigenvalue weighted by Crippen LogP contribution is -2.27. The Kier molecular flexibility index (Phi) is 7.12. The van der Waals surface area contributed by atoms with Gasteiger partial charge < -0.3 is 10.1 Å². The van der Waals surface area contributed by atoms with E-state index in [1.165, 1.54) is 0 Å². The van der Waals surface area contributed by atoms with Gasteiger partial charge in [0.15, 0.2) is 5.82 Å². The zero-order chi connectivity index (χ0) is 28.7. The number of alkyl halides is 3. The van der Waals surface area contributed by atoms with Crippen LogP contribution in [0.4, 0.5) is 23.4 Å². The molecule has 1 N–H and O–H groups in total. The van der Waals surface area contributed by atoms with Crippen LogP contribution in [0.15, 0.2) is 36.9 Å². The average Bonchev–Trinajstić information content (AvgIpc) is 3.56. The van der Waals surface area contributed by atoms with Crippen molar-refractivity contribution in [3.63, 3.8) is 0 Å². The Morgan fingerprint density at radius 1 is 1.15 bits per heavy atom. The van der Waals surface area contributed by atoms with E-state index in [1.807, 2.05) is 17.7 Å². The van der Waals surface area contributed by atoms with Crippen molar-refractivity contribution in [1.29, 1.82) is 5.26 Å². The first-order chi connectivity index (χ1) is 19.0. The Balaban J connectivity index is 1.41. The summed E-state index contributed by atoms with van der Waals surface area (Å²) in [5.41, 5.74) is 0.0585. The SMILES string of the molecule is CCNc1cc2c(cn1)c(-c1cnn(C(C)(C)C#N)c1)nn2[C@H]1CC[C@@H](Oc2nccc(C(F)(F)F)c2F)CC1. The largest absolute Gasteiger partial charge is 0.472 e. The summed E-state index contributed by atoms with van der Waals surface area (Å²) >= 11 is 0. The second-order valence-electron chi connectivity index (χ2n) is 10.3. The van der Waals surface area contributed by atoms with Gasteiger partial charge in [0.1, 0.15) is 23.2 Å². The third-order valence-electron chi connectivity index (χ3n) is 7.08. The fourth-order valence-electron chi connectivity index (χ4n) is 4.89. The first kappa shape index (κ1) is 27.4. The summed E-state index contributed by atoms with van der Waals surface area (Å²) < 4.78 is 62.8. The van der Waals surface area contributed by atoms with Gasteiger partial charge in [-0.25, -0.2) is 14.4 Å². The first-order valence-corrected chi connectivity index (χ1v) is 13.0. The highest BCUT2D eigenvalue weighted by molar-refractivity contribution is 5.93. The highest BCUT2D eigenvalue weighted by Gasteiger charge is 2.36. The Hall–Kier alpha value is -4.21. The molecular weight excluding hydrogens is 528 g/mol. The minimum atomic E-state index is -4.83. The number of ether oxygens (including phenoxy) is 1. The molecule has 0 aromatic carbocycles. The van der Waals surface area contributed by atoms with Crippen LogP contribution < -0.4 is 10.1 Å². The van der Waals surface area contributed by atoms with Crippen LogP contribution in [0.25, 0.3) is 22.2 Å². The molecule has 0 spiro atoms. The summed E-state index contributed by atoms with van der Waals surface area (Å²) in [4.78, 5) is 8.22. The standard InChI is InChI=1S/C27H28F4N8O/c1-4-33-22-11-21-19(13-35-22)24(16-12-36-38(14-16)26(2,3)15-32)37-39(21)17-5-7-18(8-6-17)40-25-23(28)20(9-10-34-25)27(29,30)31/h9-14,17-18H,4-8H2,1-3H3,(H,33,35)/t17-,18+. The normalized spacial score (nSPS) is 18.1. The van der Waals surface area contributed by atoms with Crippen LogP contribution in [0.2, 0.25) is 0 Å². The molecule has 0 amide bonds. The molecule has 1 aliphatic carbocycles. The van der Waals surface area contributed by atoms with Gasteiger partial charge in [0, 0.05) is 42.2 Å². The molecule has 1 aliphatic rings. The molecule has 0 atom stereocenters. The number of hydrogen-bond donors (Lipinski definition) is 1. The van der Waals surface area contributed by atoms with Crippen molar-refractivity contribution in [2.24, 2.45) is 0 Å². The maximum atomic E-state index is 14.4. The molecule has 210 valence electrons. The minimum absolute atomic E-state index is 0.0297. The maximum absolute atomic E-state index is 14.4. The highest BCUT2D eigenvalue weighted by Crippen LogP contribution is 2.38. The van der Waals surface area contributed by atoms with Gasteiger partial charge >= 0.3 is 6.18 Å². The van der Waals surface area contributed by atoms with E-state index in [-0.39, 0.29) is 6.04 Å². The summed E-state index contributed by atoms with van der Waals surface area (Å²) in [5, 5.41) is 22.9. The van der Waals surface area contributed by atoms with Crippen molar-refractivity contribution >= 4 is 16.7 Å². The van der Waals surface area contributed by atoms with Crippen molar-refractivity contribution in [1.82, 2.24) is 29.5 Å². The van der Waals surface area contributed by atoms with E-state index in [4.69, 9.17) is 9.84 Å². The van der Waals surface area contributed by atoms with Gasteiger partial charge in [-0.05, 0) is 52.5 Å². The zero-order valence-electron chi connectivity index (χ0n) is 22.2. The maximum Gasteiger partial charge on any atom is 0.419 e. The fraction of sp³-hybridized carbons (Fsp3) is 0.444. The van der Waals surface area contributed by atoms with Crippen molar-refractivity contribution in [3.8, 4) is 23.2 Å². The van der Waals surface area contributed by atoms with E-state index in [0.29, 0.717) is 49.8 Å². The number of hydrogen-bond acceptors (Lipinski definition) is 7. The molecular formula is C27H28F4N8O. The molecule has 5 rings (SSSR count). The van der Waals surface area contributed by atoms with Crippen LogP contribution in [0.1, 0.15) is 58.1 Å². The third kappa shape index (κ3) is 5.17. The summed E-state index contributed by atoms with van der Waals surface area (Å²) in [7, 11) is 0. The van der Waals surface area contributed by atoms with E-state index >= 15 is 0 Å². The lowest BCUT2D eigenvalue weighted by atomic mass is 9.93. The summed E-state index contributed by atoms with van der Waals surface area (Å²) in [6.07, 6.45) is 3.00. The number of nitrogens with zero attached hydrogens (tertiary/aromatic N) is 7. The van der Waals surface area contributed by atoms with E-state index in [9.17, 15) is 22.8 Å². The van der Waals surface area contributed by atoms with Crippen LogP contribution >= 0.6 is 0 Å². The lowest BCUT2D eigenvalue weighted by Gasteiger charge is -2.29. The molecule has 4 heterocycles. The molecule has 9 nitrogen and oxygen atoms in total. The van der Waals surface area contributed by atoms with Crippen LogP contribution in [0.3, 0.4) is 0 Å². The van der Waals surface area contributed by atoms with Crippen molar-refractivity contribution in [3.05, 3.63) is 48.3 Å². The number of nitrogens with one attached hydrogen (secondary N) is 1. The van der Waals surface area contributed by atoms with E-state index in [0.717, 1.165) is 22.7 Å². The van der Waals surface area contributed by atoms with Gasteiger partial charge in [0.25, 0.3) is 5.88 Å². The Morgan fingerprint density at radius 3 is 2.58 bits per heavy atom. The van der Waals surface area contributed by atoms with E-state index in [1.54, 1.807) is 37.1 Å². The lowest BCUT2D eigenvalue weighted by molar-refractivity contribution is -0.140. The summed E-state index contributed by atoms with van der Waals surface area (Å²) in [6, 6.07) is 4.73. The van der Waals surface area contributed by atoms with Crippen molar-refractivity contribution < 1.29 is 22.3 Å². The van der Waals surface area contributed by atoms with Gasteiger partial charge in [0.2, 0.25) is 0 Å². The number of halogens is 4. The quantitative estimate of drug-likeness (QED) is 0.274. The molecule has 40 heavy (non-hydrogen) atoms. The second kappa shape index (κ2) is 10.4. The van der Waals surface area contributed by atoms with Gasteiger partial charge in [-0.15, -0.1) is 0 Å². The molecule has 0 aliphatic heterocycles. The van der Waals surface area contributed by atoms with Crippen LogP contribution in [-0.2, 0) is 11.7 Å². The number of fused-ring (bicyclic) bond motifs is 1. The molecule has 0 bridgehead atoms. The first-order valence-electron chi connectivity index (χ1n) is 13.0. The molecule has 4 aromatic rings. The number of pyridine rings is 2. The van der Waals surface area contributed by atoms with Gasteiger partial charge in [-0.3, -0.25) is 9.36 Å². The average molecular weight is 557 g/mol. The number of anilines is 1. The van der Waals surface area contributed by atoms with E-state index < -0.39 is 35.1 Å². The van der Waals surface area contributed by atoms with Gasteiger partial charge in [0.05, 0.1) is 29.4 Å². The Bertz CT molecular complexity index is 1560. The molecule has 1 fully saturated rings. The van der Waals surface area contributed by atoms with Gasteiger partial charge in [-0.1, -0.05) is 0 Å². The molecule has 0 saturated heterocycles. The Morgan fingerprint density at radius 2 is 1.90 bits per heavy atom. The fourth-order valence-corrected chi connectivity index (χ4v) is 4.89. The summed E-state index contributed by atoms with van der Waals surface area (Å²) in [5.74, 6) is -1.43. The molecule has 0 unspecified atom stereocenters. The second-order valence-corrected chi connectivity index (χ2v) is 10.3.